The van der Waals surface area contributed by atoms with E-state index in [1.165, 1.54) is 12.1 Å². The van der Waals surface area contributed by atoms with Gasteiger partial charge in [0.05, 0.1) is 12.5 Å². The van der Waals surface area contributed by atoms with Crippen LogP contribution in [0.25, 0.3) is 0 Å². The lowest BCUT2D eigenvalue weighted by atomic mass is 9.89. The van der Waals surface area contributed by atoms with Crippen molar-refractivity contribution in [2.24, 2.45) is 0 Å². The van der Waals surface area contributed by atoms with E-state index in [0.29, 0.717) is 6.42 Å². The minimum atomic E-state index is -0.339. The van der Waals surface area contributed by atoms with Crippen molar-refractivity contribution in [2.75, 3.05) is 0 Å². The fourth-order valence-corrected chi connectivity index (χ4v) is 3.12. The van der Waals surface area contributed by atoms with Crippen molar-refractivity contribution in [1.29, 1.82) is 0 Å². The number of benzene rings is 2. The Balaban J connectivity index is 1.76. The third-order valence-electron chi connectivity index (χ3n) is 4.24. The molecular weight excluding hydrogens is 305 g/mol. The zero-order chi connectivity index (χ0) is 17.3. The zero-order valence-corrected chi connectivity index (χ0v) is 14.2. The first kappa shape index (κ1) is 16.5. The maximum Gasteiger partial charge on any atom is 0.224 e. The minimum absolute atomic E-state index is 0.0733. The Labute approximate surface area is 141 Å². The number of ether oxygens (including phenoxy) is 1. The summed E-state index contributed by atoms with van der Waals surface area (Å²) < 4.78 is 19.0. The number of hydrogen-bond donors (Lipinski definition) is 1. The van der Waals surface area contributed by atoms with Gasteiger partial charge in [-0.3, -0.25) is 4.79 Å². The number of carbonyl (C=O) groups excluding carboxylic acids is 1. The SMILES string of the molecule is Cc1ccc2c(c1)OC(C)(C)C[C@@H]2NC(=O)Cc1ccc(F)cc1. The molecule has 0 aliphatic carbocycles. The van der Waals surface area contributed by atoms with Crippen LogP contribution in [-0.2, 0) is 11.2 Å². The van der Waals surface area contributed by atoms with Crippen molar-refractivity contribution in [3.05, 3.63) is 65.0 Å². The third-order valence-corrected chi connectivity index (χ3v) is 4.24. The Bertz CT molecular complexity index is 753. The highest BCUT2D eigenvalue weighted by atomic mass is 19.1. The number of nitrogens with one attached hydrogen (secondary N) is 1. The predicted molar refractivity (Wildman–Crippen MR) is 91.5 cm³/mol. The predicted octanol–water partition coefficient (Wildman–Crippen LogP) is 4.10. The smallest absolute Gasteiger partial charge is 0.224 e. The monoisotopic (exact) mass is 327 g/mol. The normalized spacial score (nSPS) is 18.4. The summed E-state index contributed by atoms with van der Waals surface area (Å²) in [6.45, 7) is 6.07. The quantitative estimate of drug-likeness (QED) is 0.922. The van der Waals surface area contributed by atoms with Gasteiger partial charge in [-0.2, -0.15) is 0 Å². The maximum absolute atomic E-state index is 13.0. The van der Waals surface area contributed by atoms with E-state index in [9.17, 15) is 9.18 Å². The van der Waals surface area contributed by atoms with E-state index >= 15 is 0 Å². The Kier molecular flexibility index (Phi) is 4.31. The summed E-state index contributed by atoms with van der Waals surface area (Å²) >= 11 is 0. The van der Waals surface area contributed by atoms with Crippen molar-refractivity contribution < 1.29 is 13.9 Å². The van der Waals surface area contributed by atoms with E-state index in [4.69, 9.17) is 4.74 Å². The average molecular weight is 327 g/mol. The number of aryl methyl sites for hydroxylation is 1. The van der Waals surface area contributed by atoms with Gasteiger partial charge in [0.25, 0.3) is 0 Å². The van der Waals surface area contributed by atoms with Gasteiger partial charge in [0.2, 0.25) is 5.91 Å². The van der Waals surface area contributed by atoms with Crippen LogP contribution in [0.4, 0.5) is 4.39 Å². The van der Waals surface area contributed by atoms with Gasteiger partial charge in [-0.15, -0.1) is 0 Å². The van der Waals surface area contributed by atoms with Gasteiger partial charge >= 0.3 is 0 Å². The van der Waals surface area contributed by atoms with E-state index in [1.54, 1.807) is 12.1 Å². The summed E-state index contributed by atoms with van der Waals surface area (Å²) in [6, 6.07) is 12.0. The molecule has 24 heavy (non-hydrogen) atoms. The molecule has 1 aliphatic heterocycles. The first-order chi connectivity index (χ1) is 11.3. The van der Waals surface area contributed by atoms with Gasteiger partial charge in [-0.1, -0.05) is 24.3 Å². The molecule has 3 rings (SSSR count). The van der Waals surface area contributed by atoms with Crippen LogP contribution in [0.3, 0.4) is 0 Å². The number of fused-ring (bicyclic) bond motifs is 1. The molecule has 4 heteroatoms. The molecule has 0 spiro atoms. The van der Waals surface area contributed by atoms with Crippen molar-refractivity contribution >= 4 is 5.91 Å². The largest absolute Gasteiger partial charge is 0.487 e. The topological polar surface area (TPSA) is 38.3 Å². The molecule has 1 amide bonds. The molecule has 0 bridgehead atoms. The highest BCUT2D eigenvalue weighted by Crippen LogP contribution is 2.39. The van der Waals surface area contributed by atoms with E-state index in [0.717, 1.165) is 22.4 Å². The molecule has 1 aliphatic rings. The summed E-state index contributed by atoms with van der Waals surface area (Å²) in [6.07, 6.45) is 0.942. The van der Waals surface area contributed by atoms with Crippen LogP contribution in [0.5, 0.6) is 5.75 Å². The van der Waals surface area contributed by atoms with E-state index in [-0.39, 0.29) is 29.8 Å². The summed E-state index contributed by atoms with van der Waals surface area (Å²) in [5.41, 5.74) is 2.59. The highest BCUT2D eigenvalue weighted by molar-refractivity contribution is 5.79. The second kappa shape index (κ2) is 6.27. The van der Waals surface area contributed by atoms with Crippen molar-refractivity contribution in [1.82, 2.24) is 5.32 Å². The van der Waals surface area contributed by atoms with Crippen LogP contribution in [0.1, 0.15) is 43.0 Å². The molecule has 1 N–H and O–H groups in total. The van der Waals surface area contributed by atoms with Crippen molar-refractivity contribution in [3.8, 4) is 5.75 Å². The lowest BCUT2D eigenvalue weighted by Crippen LogP contribution is -2.41. The molecule has 0 aromatic heterocycles. The molecule has 0 unspecified atom stereocenters. The van der Waals surface area contributed by atoms with Crippen molar-refractivity contribution in [2.45, 2.75) is 45.3 Å². The second-order valence-electron chi connectivity index (χ2n) is 7.03. The van der Waals surface area contributed by atoms with E-state index in [1.807, 2.05) is 39.0 Å². The Hall–Kier alpha value is -2.36. The lowest BCUT2D eigenvalue weighted by molar-refractivity contribution is -0.121. The van der Waals surface area contributed by atoms with Gasteiger partial charge in [0, 0.05) is 12.0 Å². The Morgan fingerprint density at radius 1 is 1.25 bits per heavy atom. The van der Waals surface area contributed by atoms with E-state index in [2.05, 4.69) is 5.32 Å². The number of carbonyl (C=O) groups is 1. The van der Waals surface area contributed by atoms with Crippen LogP contribution >= 0.6 is 0 Å². The number of halogens is 1. The van der Waals surface area contributed by atoms with Gasteiger partial charge < -0.3 is 10.1 Å². The Morgan fingerprint density at radius 3 is 2.67 bits per heavy atom. The molecule has 1 heterocycles. The number of hydrogen-bond acceptors (Lipinski definition) is 2. The second-order valence-corrected chi connectivity index (χ2v) is 7.03. The van der Waals surface area contributed by atoms with Gasteiger partial charge in [0.15, 0.2) is 0 Å². The standard InChI is InChI=1S/C20H22FNO2/c1-13-4-9-16-17(12-20(2,3)24-18(16)10-13)22-19(23)11-14-5-7-15(21)8-6-14/h4-10,17H,11-12H2,1-3H3,(H,22,23)/t17-/m0/s1. The fraction of sp³-hybridized carbons (Fsp3) is 0.350. The van der Waals surface area contributed by atoms with Gasteiger partial charge in [0.1, 0.15) is 17.2 Å². The van der Waals surface area contributed by atoms with Crippen LogP contribution in [-0.4, -0.2) is 11.5 Å². The molecule has 0 radical (unpaired) electrons. The molecule has 2 aromatic carbocycles. The first-order valence-corrected chi connectivity index (χ1v) is 8.16. The molecule has 2 aromatic rings. The molecule has 126 valence electrons. The fourth-order valence-electron chi connectivity index (χ4n) is 3.12. The lowest BCUT2D eigenvalue weighted by Gasteiger charge is -2.38. The molecule has 1 atom stereocenters. The van der Waals surface area contributed by atoms with Crippen LogP contribution in [0, 0.1) is 12.7 Å². The molecular formula is C20H22FNO2. The van der Waals surface area contributed by atoms with Gasteiger partial charge in [-0.05, 0) is 50.1 Å². The summed E-state index contributed by atoms with van der Waals surface area (Å²) in [5.74, 6) is 0.462. The van der Waals surface area contributed by atoms with Crippen LogP contribution < -0.4 is 10.1 Å². The highest BCUT2D eigenvalue weighted by Gasteiger charge is 2.34. The first-order valence-electron chi connectivity index (χ1n) is 8.16. The Morgan fingerprint density at radius 2 is 1.96 bits per heavy atom. The summed E-state index contributed by atoms with van der Waals surface area (Å²) in [7, 11) is 0. The zero-order valence-electron chi connectivity index (χ0n) is 14.2. The average Bonchev–Trinajstić information content (AvgIpc) is 2.48. The number of amides is 1. The van der Waals surface area contributed by atoms with Crippen LogP contribution in [0.2, 0.25) is 0 Å². The summed E-state index contributed by atoms with van der Waals surface area (Å²) in [5, 5.41) is 3.10. The number of rotatable bonds is 3. The minimum Gasteiger partial charge on any atom is -0.487 e. The maximum atomic E-state index is 13.0. The third kappa shape index (κ3) is 3.75. The van der Waals surface area contributed by atoms with Crippen molar-refractivity contribution in [3.63, 3.8) is 0 Å². The molecule has 0 saturated carbocycles. The van der Waals surface area contributed by atoms with E-state index < -0.39 is 0 Å². The van der Waals surface area contributed by atoms with Gasteiger partial charge in [-0.25, -0.2) is 4.39 Å². The molecule has 3 nitrogen and oxygen atoms in total. The van der Waals surface area contributed by atoms with Crippen LogP contribution in [0.15, 0.2) is 42.5 Å². The molecule has 0 fully saturated rings. The summed E-state index contributed by atoms with van der Waals surface area (Å²) in [4.78, 5) is 12.4. The molecule has 0 saturated heterocycles.